The van der Waals surface area contributed by atoms with Crippen LogP contribution in [0.15, 0.2) is 22.7 Å². The van der Waals surface area contributed by atoms with Gasteiger partial charge in [-0.25, -0.2) is 0 Å². The zero-order chi connectivity index (χ0) is 13.7. The fourth-order valence-electron chi connectivity index (χ4n) is 2.75. The van der Waals surface area contributed by atoms with Crippen molar-refractivity contribution in [3.05, 3.63) is 22.7 Å². The van der Waals surface area contributed by atoms with Crippen LogP contribution < -0.4 is 10.1 Å². The molecule has 1 aliphatic rings. The highest BCUT2D eigenvalue weighted by atomic mass is 79.9. The van der Waals surface area contributed by atoms with E-state index in [2.05, 4.69) is 21.2 Å². The molecular formula is C15H22BrNO2. The van der Waals surface area contributed by atoms with Crippen molar-refractivity contribution < 1.29 is 9.84 Å². The van der Waals surface area contributed by atoms with Gasteiger partial charge in [-0.15, -0.1) is 0 Å². The summed E-state index contributed by atoms with van der Waals surface area (Å²) in [6.45, 7) is 1.10. The molecule has 1 aliphatic carbocycles. The zero-order valence-corrected chi connectivity index (χ0v) is 13.0. The molecule has 0 spiro atoms. The van der Waals surface area contributed by atoms with Crippen LogP contribution >= 0.6 is 15.9 Å². The SMILES string of the molecule is COc1cc(NCC2(CO)CCCCC2)ccc1Br. The Kier molecular flexibility index (Phi) is 5.11. The number of methoxy groups -OCH3 is 1. The Morgan fingerprint density at radius 2 is 2.05 bits per heavy atom. The molecule has 1 saturated carbocycles. The Balaban J connectivity index is 2.00. The quantitative estimate of drug-likeness (QED) is 0.864. The fraction of sp³-hybridized carbons (Fsp3) is 0.600. The number of aliphatic hydroxyl groups excluding tert-OH is 1. The average Bonchev–Trinajstić information content (AvgIpc) is 2.47. The number of halogens is 1. The lowest BCUT2D eigenvalue weighted by Gasteiger charge is -2.36. The summed E-state index contributed by atoms with van der Waals surface area (Å²) in [6.07, 6.45) is 5.99. The third-order valence-corrected chi connectivity index (χ3v) is 4.72. The summed E-state index contributed by atoms with van der Waals surface area (Å²) in [7, 11) is 1.67. The zero-order valence-electron chi connectivity index (χ0n) is 11.4. The first-order chi connectivity index (χ1) is 9.19. The van der Waals surface area contributed by atoms with Crippen molar-refractivity contribution >= 4 is 21.6 Å². The minimum absolute atomic E-state index is 0.0541. The summed E-state index contributed by atoms with van der Waals surface area (Å²) < 4.78 is 6.25. The van der Waals surface area contributed by atoms with E-state index in [1.807, 2.05) is 18.2 Å². The fourth-order valence-corrected chi connectivity index (χ4v) is 3.16. The van der Waals surface area contributed by atoms with Crippen molar-refractivity contribution in [3.63, 3.8) is 0 Å². The normalized spacial score (nSPS) is 18.1. The molecule has 0 radical (unpaired) electrons. The molecule has 1 fully saturated rings. The molecule has 3 nitrogen and oxygen atoms in total. The molecule has 0 saturated heterocycles. The van der Waals surface area contributed by atoms with Gasteiger partial charge in [0.1, 0.15) is 5.75 Å². The van der Waals surface area contributed by atoms with Gasteiger partial charge in [-0.05, 0) is 40.9 Å². The van der Waals surface area contributed by atoms with Crippen LogP contribution in [0.25, 0.3) is 0 Å². The Hall–Kier alpha value is -0.740. The number of benzene rings is 1. The van der Waals surface area contributed by atoms with Crippen molar-refractivity contribution in [2.75, 3.05) is 25.6 Å². The lowest BCUT2D eigenvalue weighted by Crippen LogP contribution is -2.35. The van der Waals surface area contributed by atoms with Crippen LogP contribution in [0.2, 0.25) is 0 Å². The van der Waals surface area contributed by atoms with E-state index in [4.69, 9.17) is 4.74 Å². The molecule has 1 aromatic rings. The molecule has 0 unspecified atom stereocenters. The van der Waals surface area contributed by atoms with E-state index in [9.17, 15) is 5.11 Å². The molecule has 19 heavy (non-hydrogen) atoms. The summed E-state index contributed by atoms with van der Waals surface area (Å²) in [5.74, 6) is 0.826. The largest absolute Gasteiger partial charge is 0.495 e. The Morgan fingerprint density at radius 1 is 1.32 bits per heavy atom. The van der Waals surface area contributed by atoms with Crippen molar-refractivity contribution in [2.45, 2.75) is 32.1 Å². The summed E-state index contributed by atoms with van der Waals surface area (Å²) >= 11 is 3.45. The van der Waals surface area contributed by atoms with Crippen molar-refractivity contribution in [1.82, 2.24) is 0 Å². The Labute approximate surface area is 123 Å². The van der Waals surface area contributed by atoms with Crippen LogP contribution in [0.5, 0.6) is 5.75 Å². The molecule has 0 aliphatic heterocycles. The lowest BCUT2D eigenvalue weighted by molar-refractivity contribution is 0.0944. The van der Waals surface area contributed by atoms with Gasteiger partial charge in [0.2, 0.25) is 0 Å². The summed E-state index contributed by atoms with van der Waals surface area (Å²) in [4.78, 5) is 0. The number of ether oxygens (including phenoxy) is 1. The van der Waals surface area contributed by atoms with E-state index in [1.165, 1.54) is 19.3 Å². The van der Waals surface area contributed by atoms with Gasteiger partial charge in [0.05, 0.1) is 18.2 Å². The lowest BCUT2D eigenvalue weighted by atomic mass is 9.74. The molecule has 2 N–H and O–H groups in total. The highest BCUT2D eigenvalue weighted by Crippen LogP contribution is 2.36. The van der Waals surface area contributed by atoms with Crippen LogP contribution in [0.1, 0.15) is 32.1 Å². The van der Waals surface area contributed by atoms with Crippen LogP contribution in [-0.2, 0) is 0 Å². The van der Waals surface area contributed by atoms with Crippen molar-refractivity contribution in [1.29, 1.82) is 0 Å². The van der Waals surface area contributed by atoms with Gasteiger partial charge >= 0.3 is 0 Å². The number of nitrogens with one attached hydrogen (secondary N) is 1. The van der Waals surface area contributed by atoms with E-state index in [-0.39, 0.29) is 12.0 Å². The highest BCUT2D eigenvalue weighted by molar-refractivity contribution is 9.10. The number of rotatable bonds is 5. The van der Waals surface area contributed by atoms with E-state index in [1.54, 1.807) is 7.11 Å². The standard InChI is InChI=1S/C15H22BrNO2/c1-19-14-9-12(5-6-13(14)16)17-10-15(11-18)7-3-2-4-8-15/h5-6,9,17-18H,2-4,7-8,10-11H2,1H3. The van der Waals surface area contributed by atoms with Gasteiger partial charge in [-0.3, -0.25) is 0 Å². The molecule has 0 heterocycles. The van der Waals surface area contributed by atoms with E-state index in [0.29, 0.717) is 0 Å². The minimum Gasteiger partial charge on any atom is -0.495 e. The number of aliphatic hydroxyl groups is 1. The maximum Gasteiger partial charge on any atom is 0.135 e. The van der Waals surface area contributed by atoms with Gasteiger partial charge < -0.3 is 15.2 Å². The van der Waals surface area contributed by atoms with Crippen molar-refractivity contribution in [2.24, 2.45) is 5.41 Å². The van der Waals surface area contributed by atoms with Crippen LogP contribution in [0.4, 0.5) is 5.69 Å². The topological polar surface area (TPSA) is 41.5 Å². The predicted molar refractivity (Wildman–Crippen MR) is 81.8 cm³/mol. The Bertz CT molecular complexity index is 417. The molecule has 4 heteroatoms. The molecule has 0 atom stereocenters. The molecular weight excluding hydrogens is 306 g/mol. The minimum atomic E-state index is 0.0541. The molecule has 0 amide bonds. The molecule has 0 aromatic heterocycles. The molecule has 0 bridgehead atoms. The highest BCUT2D eigenvalue weighted by Gasteiger charge is 2.31. The predicted octanol–water partition coefficient (Wildman–Crippen LogP) is 3.81. The number of hydrogen-bond acceptors (Lipinski definition) is 3. The average molecular weight is 328 g/mol. The second kappa shape index (κ2) is 6.62. The smallest absolute Gasteiger partial charge is 0.135 e. The first kappa shape index (κ1) is 14.7. The third-order valence-electron chi connectivity index (χ3n) is 4.07. The first-order valence-electron chi connectivity index (χ1n) is 6.87. The number of anilines is 1. The van der Waals surface area contributed by atoms with Crippen LogP contribution in [0.3, 0.4) is 0 Å². The monoisotopic (exact) mass is 327 g/mol. The van der Waals surface area contributed by atoms with Gasteiger partial charge in [-0.1, -0.05) is 19.3 Å². The maximum absolute atomic E-state index is 9.69. The second-order valence-electron chi connectivity index (χ2n) is 5.42. The van der Waals surface area contributed by atoms with E-state index >= 15 is 0 Å². The van der Waals surface area contributed by atoms with Gasteiger partial charge in [0, 0.05) is 23.7 Å². The van der Waals surface area contributed by atoms with Crippen LogP contribution in [-0.4, -0.2) is 25.4 Å². The molecule has 2 rings (SSSR count). The first-order valence-corrected chi connectivity index (χ1v) is 7.67. The van der Waals surface area contributed by atoms with E-state index in [0.717, 1.165) is 35.3 Å². The molecule has 106 valence electrons. The molecule has 1 aromatic carbocycles. The van der Waals surface area contributed by atoms with E-state index < -0.39 is 0 Å². The van der Waals surface area contributed by atoms with Gasteiger partial charge in [-0.2, -0.15) is 0 Å². The second-order valence-corrected chi connectivity index (χ2v) is 6.28. The van der Waals surface area contributed by atoms with Crippen molar-refractivity contribution in [3.8, 4) is 5.75 Å². The van der Waals surface area contributed by atoms with Gasteiger partial charge in [0.25, 0.3) is 0 Å². The number of hydrogen-bond donors (Lipinski definition) is 2. The summed E-state index contributed by atoms with van der Waals surface area (Å²) in [6, 6.07) is 5.99. The maximum atomic E-state index is 9.69. The third kappa shape index (κ3) is 3.63. The summed E-state index contributed by atoms with van der Waals surface area (Å²) in [5, 5.41) is 13.1. The Morgan fingerprint density at radius 3 is 2.68 bits per heavy atom. The summed E-state index contributed by atoms with van der Waals surface area (Å²) in [5.41, 5.74) is 1.09. The van der Waals surface area contributed by atoms with Crippen LogP contribution in [0, 0.1) is 5.41 Å². The van der Waals surface area contributed by atoms with Gasteiger partial charge in [0.15, 0.2) is 0 Å².